The molecule has 44 heavy (non-hydrogen) atoms. The highest BCUT2D eigenvalue weighted by Gasteiger charge is 2.32. The van der Waals surface area contributed by atoms with Gasteiger partial charge in [-0.25, -0.2) is 4.42 Å². The molecule has 1 aromatic heterocycles. The molecular weight excluding hydrogens is 603 g/mol. The summed E-state index contributed by atoms with van der Waals surface area (Å²) in [6.07, 6.45) is -3.31. The Morgan fingerprint density at radius 2 is 1.43 bits per heavy atom. The fourth-order valence-corrected chi connectivity index (χ4v) is 5.52. The van der Waals surface area contributed by atoms with E-state index < -0.39 is 23.4 Å². The zero-order chi connectivity index (χ0) is 31.8. The number of anilines is 5. The number of benzene rings is 2. The summed E-state index contributed by atoms with van der Waals surface area (Å²) in [5.41, 5.74) is 23.7. The SMILES string of the molecule is N[C@@H]1C[C@H](N)CN(c2nc(Nc3ccc(C(=O)N(Cl)c4cccc(C(F)(F)F)c4)c(O)c3)nc(N3C[C@H](N)C[C@H](N)C3)n2)C1. The van der Waals surface area contributed by atoms with E-state index in [1.54, 1.807) is 0 Å². The molecular formula is C27H33ClF3N11O2. The van der Waals surface area contributed by atoms with Crippen molar-refractivity contribution < 1.29 is 23.1 Å². The molecule has 2 fully saturated rings. The number of alkyl halides is 3. The number of carbonyl (C=O) groups excluding carboxylic acids is 1. The van der Waals surface area contributed by atoms with E-state index in [4.69, 9.17) is 34.7 Å². The minimum Gasteiger partial charge on any atom is -0.507 e. The fraction of sp³-hybridized carbons (Fsp3) is 0.407. The van der Waals surface area contributed by atoms with Crippen LogP contribution in [0.15, 0.2) is 42.5 Å². The van der Waals surface area contributed by atoms with Crippen molar-refractivity contribution in [1.29, 1.82) is 0 Å². The summed E-state index contributed by atoms with van der Waals surface area (Å²) in [5, 5.41) is 13.7. The highest BCUT2D eigenvalue weighted by atomic mass is 35.5. The molecule has 0 bridgehead atoms. The van der Waals surface area contributed by atoms with Crippen LogP contribution in [-0.2, 0) is 6.18 Å². The predicted molar refractivity (Wildman–Crippen MR) is 161 cm³/mol. The van der Waals surface area contributed by atoms with Crippen LogP contribution in [0.3, 0.4) is 0 Å². The van der Waals surface area contributed by atoms with Gasteiger partial charge in [-0.1, -0.05) is 6.07 Å². The zero-order valence-corrected chi connectivity index (χ0v) is 24.2. The molecule has 0 radical (unpaired) electrons. The van der Waals surface area contributed by atoms with Gasteiger partial charge in [0.15, 0.2) is 0 Å². The topological polar surface area (TPSA) is 202 Å². The van der Waals surface area contributed by atoms with Crippen molar-refractivity contribution >= 4 is 46.9 Å². The van der Waals surface area contributed by atoms with E-state index >= 15 is 0 Å². The molecule has 4 atom stereocenters. The van der Waals surface area contributed by atoms with Gasteiger partial charge in [-0.05, 0) is 43.2 Å². The molecule has 0 aliphatic carbocycles. The molecule has 5 rings (SSSR count). The minimum absolute atomic E-state index is 0.131. The molecule has 2 saturated heterocycles. The number of amides is 1. The maximum atomic E-state index is 13.1. The van der Waals surface area contributed by atoms with E-state index in [0.29, 0.717) is 61.0 Å². The van der Waals surface area contributed by atoms with Crippen LogP contribution in [0.25, 0.3) is 0 Å². The molecule has 3 aromatic rings. The number of nitrogens with zero attached hydrogens (tertiary/aromatic N) is 6. The summed E-state index contributed by atoms with van der Waals surface area (Å²) in [5.74, 6) is -0.605. The molecule has 13 nitrogen and oxygen atoms in total. The van der Waals surface area contributed by atoms with Crippen molar-refractivity contribution in [2.24, 2.45) is 22.9 Å². The number of carbonyl (C=O) groups is 1. The number of nitrogens with two attached hydrogens (primary N) is 4. The van der Waals surface area contributed by atoms with Crippen molar-refractivity contribution in [3.63, 3.8) is 0 Å². The Kier molecular flexibility index (Phi) is 8.99. The van der Waals surface area contributed by atoms with Gasteiger partial charge in [-0.2, -0.15) is 28.1 Å². The van der Waals surface area contributed by atoms with E-state index in [2.05, 4.69) is 20.3 Å². The number of hydrogen-bond acceptors (Lipinski definition) is 12. The molecule has 0 unspecified atom stereocenters. The van der Waals surface area contributed by atoms with Gasteiger partial charge in [-0.3, -0.25) is 4.79 Å². The second-order valence-corrected chi connectivity index (χ2v) is 11.4. The molecule has 2 aliphatic heterocycles. The van der Waals surface area contributed by atoms with Crippen LogP contribution in [0, 0.1) is 0 Å². The Labute approximate surface area is 256 Å². The number of halogens is 4. The fourth-order valence-electron chi connectivity index (χ4n) is 5.32. The van der Waals surface area contributed by atoms with Gasteiger partial charge in [0, 0.05) is 73.9 Å². The first-order chi connectivity index (χ1) is 20.8. The van der Waals surface area contributed by atoms with Crippen LogP contribution < -0.4 is 42.5 Å². The Morgan fingerprint density at radius 1 is 0.886 bits per heavy atom. The maximum Gasteiger partial charge on any atom is 0.416 e. The number of piperidine rings is 2. The standard InChI is InChI=1S/C27H33ClF3N11O2/c28-42(20-3-1-2-14(6-20)27(29,30)31)23(44)21-5-4-19(9-22(21)43)36-24-37-25(40-10-15(32)7-16(33)11-40)39-26(38-24)41-12-17(34)8-18(35)13-41/h1-6,9,15-18,43H,7-8,10-13,32-35H2,(H,36,37,38,39)/t15-,16+,17-,18+. The third kappa shape index (κ3) is 7.22. The molecule has 0 spiro atoms. The first kappa shape index (κ1) is 31.5. The second kappa shape index (κ2) is 12.6. The lowest BCUT2D eigenvalue weighted by Crippen LogP contribution is -2.54. The summed E-state index contributed by atoms with van der Waals surface area (Å²) in [4.78, 5) is 30.5. The van der Waals surface area contributed by atoms with E-state index in [1.807, 2.05) is 9.80 Å². The van der Waals surface area contributed by atoms with Crippen molar-refractivity contribution in [3.8, 4) is 5.75 Å². The van der Waals surface area contributed by atoms with Crippen LogP contribution in [-0.4, -0.2) is 76.3 Å². The quantitative estimate of drug-likeness (QED) is 0.215. The number of phenolic OH excluding ortho intramolecular Hbond substituents is 1. The minimum atomic E-state index is -4.63. The molecule has 10 N–H and O–H groups in total. The zero-order valence-electron chi connectivity index (χ0n) is 23.5. The number of hydrogen-bond donors (Lipinski definition) is 6. The molecule has 17 heteroatoms. The summed E-state index contributed by atoms with van der Waals surface area (Å²) in [7, 11) is 0. The Hall–Kier alpha value is -3.96. The Balaban J connectivity index is 1.41. The van der Waals surface area contributed by atoms with Crippen LogP contribution in [0.4, 0.5) is 42.4 Å². The summed E-state index contributed by atoms with van der Waals surface area (Å²) >= 11 is 6.10. The average Bonchev–Trinajstić information content (AvgIpc) is 2.95. The molecule has 3 heterocycles. The second-order valence-electron chi connectivity index (χ2n) is 11.1. The molecule has 0 saturated carbocycles. The van der Waals surface area contributed by atoms with Gasteiger partial charge in [0.05, 0.1) is 16.8 Å². The normalized spacial score (nSPS) is 22.5. The number of phenols is 1. The van der Waals surface area contributed by atoms with Crippen molar-refractivity contribution in [1.82, 2.24) is 15.0 Å². The first-order valence-electron chi connectivity index (χ1n) is 13.8. The summed E-state index contributed by atoms with van der Waals surface area (Å²) in [6, 6.07) is 7.25. The third-order valence-corrected chi connectivity index (χ3v) is 7.62. The van der Waals surface area contributed by atoms with E-state index in [9.17, 15) is 23.1 Å². The highest BCUT2D eigenvalue weighted by Crippen LogP contribution is 2.34. The maximum absolute atomic E-state index is 13.1. The van der Waals surface area contributed by atoms with Gasteiger partial charge in [0.1, 0.15) is 5.75 Å². The average molecular weight is 636 g/mol. The van der Waals surface area contributed by atoms with Gasteiger partial charge in [0.25, 0.3) is 5.91 Å². The van der Waals surface area contributed by atoms with E-state index in [0.717, 1.165) is 18.2 Å². The van der Waals surface area contributed by atoms with Crippen LogP contribution in [0.1, 0.15) is 28.8 Å². The van der Waals surface area contributed by atoms with Crippen molar-refractivity contribution in [2.45, 2.75) is 43.2 Å². The lowest BCUT2D eigenvalue weighted by Gasteiger charge is -2.37. The Morgan fingerprint density at radius 3 is 1.93 bits per heavy atom. The van der Waals surface area contributed by atoms with Gasteiger partial charge >= 0.3 is 6.18 Å². The number of aromatic nitrogens is 3. The van der Waals surface area contributed by atoms with E-state index in [1.165, 1.54) is 24.3 Å². The number of aromatic hydroxyl groups is 1. The first-order valence-corrected chi connectivity index (χ1v) is 14.2. The molecule has 2 aromatic carbocycles. The lowest BCUT2D eigenvalue weighted by atomic mass is 10.0. The number of rotatable bonds is 6. The third-order valence-electron chi connectivity index (χ3n) is 7.27. The molecule has 1 amide bonds. The van der Waals surface area contributed by atoms with Crippen LogP contribution in [0.2, 0.25) is 0 Å². The van der Waals surface area contributed by atoms with Crippen LogP contribution >= 0.6 is 11.8 Å². The van der Waals surface area contributed by atoms with E-state index in [-0.39, 0.29) is 41.4 Å². The number of nitrogens with one attached hydrogen (secondary N) is 1. The van der Waals surface area contributed by atoms with Gasteiger partial charge < -0.3 is 43.2 Å². The summed E-state index contributed by atoms with van der Waals surface area (Å²) in [6.45, 7) is 1.92. The van der Waals surface area contributed by atoms with Gasteiger partial charge in [-0.15, -0.1) is 0 Å². The van der Waals surface area contributed by atoms with Crippen LogP contribution in [0.5, 0.6) is 5.75 Å². The molecule has 236 valence electrons. The van der Waals surface area contributed by atoms with Crippen molar-refractivity contribution in [3.05, 3.63) is 53.6 Å². The molecule has 2 aliphatic rings. The predicted octanol–water partition coefficient (Wildman–Crippen LogP) is 1.87. The van der Waals surface area contributed by atoms with Crippen molar-refractivity contribution in [2.75, 3.05) is 45.7 Å². The summed E-state index contributed by atoms with van der Waals surface area (Å²) < 4.78 is 39.9. The largest absolute Gasteiger partial charge is 0.507 e. The van der Waals surface area contributed by atoms with Gasteiger partial charge in [0.2, 0.25) is 17.8 Å². The monoisotopic (exact) mass is 635 g/mol. The Bertz CT molecular complexity index is 1450. The highest BCUT2D eigenvalue weighted by molar-refractivity contribution is 6.39. The lowest BCUT2D eigenvalue weighted by molar-refractivity contribution is -0.137. The smallest absolute Gasteiger partial charge is 0.416 e.